The van der Waals surface area contributed by atoms with E-state index in [1.807, 2.05) is 11.8 Å². The molecule has 0 saturated carbocycles. The van der Waals surface area contributed by atoms with Crippen LogP contribution in [0.2, 0.25) is 0 Å². The summed E-state index contributed by atoms with van der Waals surface area (Å²) < 4.78 is 5.34. The van der Waals surface area contributed by atoms with E-state index in [4.69, 9.17) is 10.5 Å². The fourth-order valence-corrected chi connectivity index (χ4v) is 2.09. The van der Waals surface area contributed by atoms with Crippen LogP contribution in [-0.4, -0.2) is 43.7 Å². The maximum atomic E-state index is 12.0. The van der Waals surface area contributed by atoms with Gasteiger partial charge >= 0.3 is 0 Å². The van der Waals surface area contributed by atoms with E-state index in [-0.39, 0.29) is 5.91 Å². The molecule has 1 amide bonds. The minimum Gasteiger partial charge on any atom is -0.381 e. The summed E-state index contributed by atoms with van der Waals surface area (Å²) in [5.74, 6) is 1.23. The lowest BCUT2D eigenvalue weighted by molar-refractivity contribution is -0.131. The molecule has 1 aliphatic heterocycles. The highest BCUT2D eigenvalue weighted by atomic mass is 16.5. The van der Waals surface area contributed by atoms with Gasteiger partial charge in [0, 0.05) is 32.0 Å². The van der Waals surface area contributed by atoms with Gasteiger partial charge in [-0.25, -0.2) is 0 Å². The van der Waals surface area contributed by atoms with E-state index < -0.39 is 0 Å². The largest absolute Gasteiger partial charge is 0.381 e. The molecule has 0 aromatic rings. The van der Waals surface area contributed by atoms with Gasteiger partial charge in [-0.15, -0.1) is 0 Å². The molecule has 2 N–H and O–H groups in total. The van der Waals surface area contributed by atoms with Crippen molar-refractivity contribution in [2.45, 2.75) is 33.1 Å². The Morgan fingerprint density at radius 2 is 2.35 bits per heavy atom. The standard InChI is InChI=1S/C13H26N2O2/c1-3-15(9-12-6-7-17-10-12)13(16)5-4-11(2)8-14/h11-12H,3-10,14H2,1-2H3. The SMILES string of the molecule is CCN(CC1CCOC1)C(=O)CCC(C)CN. The number of hydrogen-bond donors (Lipinski definition) is 1. The number of carbonyl (C=O) groups is 1. The second kappa shape index (κ2) is 7.67. The van der Waals surface area contributed by atoms with Gasteiger partial charge < -0.3 is 15.4 Å². The van der Waals surface area contributed by atoms with E-state index in [0.717, 1.165) is 39.1 Å². The highest BCUT2D eigenvalue weighted by molar-refractivity contribution is 5.76. The minimum atomic E-state index is 0.264. The van der Waals surface area contributed by atoms with E-state index in [1.54, 1.807) is 0 Å². The number of hydrogen-bond acceptors (Lipinski definition) is 3. The Morgan fingerprint density at radius 3 is 2.88 bits per heavy atom. The second-order valence-corrected chi connectivity index (χ2v) is 5.04. The van der Waals surface area contributed by atoms with Crippen LogP contribution in [0.15, 0.2) is 0 Å². The first kappa shape index (κ1) is 14.5. The van der Waals surface area contributed by atoms with E-state index in [1.165, 1.54) is 0 Å². The summed E-state index contributed by atoms with van der Waals surface area (Å²) in [7, 11) is 0. The van der Waals surface area contributed by atoms with E-state index in [0.29, 0.717) is 24.8 Å². The zero-order chi connectivity index (χ0) is 12.7. The van der Waals surface area contributed by atoms with Crippen molar-refractivity contribution >= 4 is 5.91 Å². The molecule has 4 heteroatoms. The number of ether oxygens (including phenoxy) is 1. The molecule has 1 heterocycles. The van der Waals surface area contributed by atoms with Crippen LogP contribution >= 0.6 is 0 Å². The summed E-state index contributed by atoms with van der Waals surface area (Å²) in [6.45, 7) is 8.10. The highest BCUT2D eigenvalue weighted by Crippen LogP contribution is 2.15. The number of nitrogens with zero attached hydrogens (tertiary/aromatic N) is 1. The highest BCUT2D eigenvalue weighted by Gasteiger charge is 2.21. The predicted molar refractivity (Wildman–Crippen MR) is 68.6 cm³/mol. The summed E-state index contributed by atoms with van der Waals surface area (Å²) in [6, 6.07) is 0. The normalized spacial score (nSPS) is 21.5. The first-order chi connectivity index (χ1) is 8.17. The molecular weight excluding hydrogens is 216 g/mol. The van der Waals surface area contributed by atoms with Gasteiger partial charge in [0.25, 0.3) is 0 Å². The molecule has 1 aliphatic rings. The molecule has 0 aliphatic carbocycles. The zero-order valence-electron chi connectivity index (χ0n) is 11.2. The van der Waals surface area contributed by atoms with Crippen molar-refractivity contribution in [3.05, 3.63) is 0 Å². The van der Waals surface area contributed by atoms with Crippen molar-refractivity contribution in [3.63, 3.8) is 0 Å². The third kappa shape index (κ3) is 5.04. The van der Waals surface area contributed by atoms with E-state index >= 15 is 0 Å². The van der Waals surface area contributed by atoms with Crippen LogP contribution in [0.3, 0.4) is 0 Å². The smallest absolute Gasteiger partial charge is 0.222 e. The van der Waals surface area contributed by atoms with Crippen molar-refractivity contribution in [2.75, 3.05) is 32.8 Å². The van der Waals surface area contributed by atoms with Crippen LogP contribution in [0.5, 0.6) is 0 Å². The lowest BCUT2D eigenvalue weighted by atomic mass is 10.0. The van der Waals surface area contributed by atoms with Gasteiger partial charge in [-0.05, 0) is 32.2 Å². The molecule has 4 nitrogen and oxygen atoms in total. The van der Waals surface area contributed by atoms with Crippen molar-refractivity contribution < 1.29 is 9.53 Å². The summed E-state index contributed by atoms with van der Waals surface area (Å²) in [5, 5.41) is 0. The predicted octanol–water partition coefficient (Wildman–Crippen LogP) is 1.25. The zero-order valence-corrected chi connectivity index (χ0v) is 11.2. The van der Waals surface area contributed by atoms with Crippen molar-refractivity contribution in [1.82, 2.24) is 4.90 Å². The van der Waals surface area contributed by atoms with Crippen molar-refractivity contribution in [2.24, 2.45) is 17.6 Å². The molecule has 0 bridgehead atoms. The van der Waals surface area contributed by atoms with Crippen LogP contribution in [0.1, 0.15) is 33.1 Å². The average Bonchev–Trinajstić information content (AvgIpc) is 2.85. The lowest BCUT2D eigenvalue weighted by Crippen LogP contribution is -2.35. The Morgan fingerprint density at radius 1 is 1.59 bits per heavy atom. The van der Waals surface area contributed by atoms with Gasteiger partial charge in [-0.1, -0.05) is 6.92 Å². The third-order valence-corrected chi connectivity index (χ3v) is 3.49. The number of carbonyl (C=O) groups excluding carboxylic acids is 1. The molecule has 0 aromatic heterocycles. The van der Waals surface area contributed by atoms with Gasteiger partial charge in [0.15, 0.2) is 0 Å². The molecule has 17 heavy (non-hydrogen) atoms. The van der Waals surface area contributed by atoms with Gasteiger partial charge in [0.1, 0.15) is 0 Å². The number of rotatable bonds is 7. The first-order valence-electron chi connectivity index (χ1n) is 6.73. The number of amides is 1. The molecule has 0 radical (unpaired) electrons. The van der Waals surface area contributed by atoms with Crippen molar-refractivity contribution in [1.29, 1.82) is 0 Å². The second-order valence-electron chi connectivity index (χ2n) is 5.04. The van der Waals surface area contributed by atoms with Gasteiger partial charge in [0.05, 0.1) is 6.61 Å². The van der Waals surface area contributed by atoms with Crippen LogP contribution in [-0.2, 0) is 9.53 Å². The molecule has 2 atom stereocenters. The Balaban J connectivity index is 2.29. The molecule has 100 valence electrons. The van der Waals surface area contributed by atoms with E-state index in [2.05, 4.69) is 6.92 Å². The van der Waals surface area contributed by atoms with Gasteiger partial charge in [-0.3, -0.25) is 4.79 Å². The lowest BCUT2D eigenvalue weighted by Gasteiger charge is -2.24. The molecule has 1 fully saturated rings. The summed E-state index contributed by atoms with van der Waals surface area (Å²) in [4.78, 5) is 14.0. The molecule has 0 aromatic carbocycles. The summed E-state index contributed by atoms with van der Waals surface area (Å²) in [5.41, 5.74) is 5.56. The quantitative estimate of drug-likeness (QED) is 0.731. The third-order valence-electron chi connectivity index (χ3n) is 3.49. The molecule has 2 unspecified atom stereocenters. The number of nitrogens with two attached hydrogens (primary N) is 1. The fraction of sp³-hybridized carbons (Fsp3) is 0.923. The Hall–Kier alpha value is -0.610. The van der Waals surface area contributed by atoms with Crippen LogP contribution < -0.4 is 5.73 Å². The summed E-state index contributed by atoms with van der Waals surface area (Å²) in [6.07, 6.45) is 2.61. The van der Waals surface area contributed by atoms with Crippen LogP contribution in [0.25, 0.3) is 0 Å². The van der Waals surface area contributed by atoms with Crippen molar-refractivity contribution in [3.8, 4) is 0 Å². The topological polar surface area (TPSA) is 55.6 Å². The molecular formula is C13H26N2O2. The maximum Gasteiger partial charge on any atom is 0.222 e. The van der Waals surface area contributed by atoms with Crippen LogP contribution in [0, 0.1) is 11.8 Å². The first-order valence-corrected chi connectivity index (χ1v) is 6.73. The van der Waals surface area contributed by atoms with Gasteiger partial charge in [0.2, 0.25) is 5.91 Å². The monoisotopic (exact) mass is 242 g/mol. The van der Waals surface area contributed by atoms with E-state index in [9.17, 15) is 4.79 Å². The minimum absolute atomic E-state index is 0.264. The fourth-order valence-electron chi connectivity index (χ4n) is 2.09. The molecule has 1 rings (SSSR count). The maximum absolute atomic E-state index is 12.0. The Bertz CT molecular complexity index is 227. The van der Waals surface area contributed by atoms with Gasteiger partial charge in [-0.2, -0.15) is 0 Å². The molecule has 1 saturated heterocycles. The Kier molecular flexibility index (Phi) is 6.52. The summed E-state index contributed by atoms with van der Waals surface area (Å²) >= 11 is 0. The Labute approximate surface area is 104 Å². The van der Waals surface area contributed by atoms with Crippen LogP contribution in [0.4, 0.5) is 0 Å². The molecule has 0 spiro atoms. The average molecular weight is 242 g/mol.